The highest BCUT2D eigenvalue weighted by molar-refractivity contribution is 5.67. The van der Waals surface area contributed by atoms with E-state index in [-0.39, 0.29) is 5.60 Å². The SMILES string of the molecule is C[C@@]12CC(c3ccccc3)=C[C@@H](CO1)C2. The van der Waals surface area contributed by atoms with Crippen LogP contribution in [0.3, 0.4) is 0 Å². The number of rotatable bonds is 1. The normalized spacial score (nSPS) is 33.9. The van der Waals surface area contributed by atoms with E-state index in [1.807, 2.05) is 0 Å². The van der Waals surface area contributed by atoms with E-state index in [1.165, 1.54) is 17.6 Å². The largest absolute Gasteiger partial charge is 0.374 e. The van der Waals surface area contributed by atoms with E-state index in [0.29, 0.717) is 5.92 Å². The Hall–Kier alpha value is -1.08. The summed E-state index contributed by atoms with van der Waals surface area (Å²) in [5.74, 6) is 0.638. The Balaban J connectivity index is 1.96. The summed E-state index contributed by atoms with van der Waals surface area (Å²) in [6.45, 7) is 3.15. The van der Waals surface area contributed by atoms with Crippen LogP contribution in [0, 0.1) is 5.92 Å². The van der Waals surface area contributed by atoms with Crippen LogP contribution in [-0.4, -0.2) is 12.2 Å². The van der Waals surface area contributed by atoms with Crippen LogP contribution < -0.4 is 0 Å². The molecule has 2 aliphatic rings. The molecule has 1 saturated heterocycles. The molecular formula is C14H16O. The van der Waals surface area contributed by atoms with Crippen LogP contribution >= 0.6 is 0 Å². The van der Waals surface area contributed by atoms with Crippen molar-refractivity contribution in [2.75, 3.05) is 6.61 Å². The first kappa shape index (κ1) is 9.17. The lowest BCUT2D eigenvalue weighted by Crippen LogP contribution is -2.25. The molecule has 3 rings (SSSR count). The summed E-state index contributed by atoms with van der Waals surface area (Å²) >= 11 is 0. The monoisotopic (exact) mass is 200 g/mol. The minimum atomic E-state index is 0.102. The van der Waals surface area contributed by atoms with Crippen molar-refractivity contribution in [2.24, 2.45) is 5.92 Å². The van der Waals surface area contributed by atoms with Crippen LogP contribution in [0.25, 0.3) is 5.57 Å². The van der Waals surface area contributed by atoms with Gasteiger partial charge in [0.05, 0.1) is 12.2 Å². The molecule has 15 heavy (non-hydrogen) atoms. The Labute approximate surface area is 90.8 Å². The standard InChI is InChI=1S/C14H16O/c1-14-8-11(10-15-14)7-13(9-14)12-5-3-2-4-6-12/h2-7,11H,8-10H2,1H3/t11-,14-/m1/s1. The molecule has 0 unspecified atom stereocenters. The second-order valence-corrected chi connectivity index (χ2v) is 4.96. The van der Waals surface area contributed by atoms with Crippen LogP contribution in [-0.2, 0) is 4.74 Å². The second-order valence-electron chi connectivity index (χ2n) is 4.96. The summed E-state index contributed by atoms with van der Waals surface area (Å²) in [4.78, 5) is 0. The van der Waals surface area contributed by atoms with Crippen molar-refractivity contribution in [2.45, 2.75) is 25.4 Å². The quantitative estimate of drug-likeness (QED) is 0.676. The zero-order chi connectivity index (χ0) is 10.3. The van der Waals surface area contributed by atoms with Gasteiger partial charge in [0.2, 0.25) is 0 Å². The molecule has 1 heteroatoms. The molecular weight excluding hydrogens is 184 g/mol. The maximum absolute atomic E-state index is 5.86. The smallest absolute Gasteiger partial charge is 0.0701 e. The predicted molar refractivity (Wildman–Crippen MR) is 61.5 cm³/mol. The molecule has 0 N–H and O–H groups in total. The van der Waals surface area contributed by atoms with Crippen LogP contribution in [0.5, 0.6) is 0 Å². The fourth-order valence-corrected chi connectivity index (χ4v) is 2.81. The van der Waals surface area contributed by atoms with E-state index < -0.39 is 0 Å². The first-order chi connectivity index (χ1) is 7.25. The maximum atomic E-state index is 5.86. The lowest BCUT2D eigenvalue weighted by Gasteiger charge is -2.28. The van der Waals surface area contributed by atoms with Crippen LogP contribution in [0.1, 0.15) is 25.3 Å². The summed E-state index contributed by atoms with van der Waals surface area (Å²) in [7, 11) is 0. The molecule has 1 fully saturated rings. The molecule has 0 spiro atoms. The lowest BCUT2D eigenvalue weighted by molar-refractivity contribution is 0.0252. The number of benzene rings is 1. The molecule has 2 bridgehead atoms. The molecule has 1 aromatic rings. The number of hydrogen-bond donors (Lipinski definition) is 0. The molecule has 2 atom stereocenters. The van der Waals surface area contributed by atoms with Gasteiger partial charge in [0.25, 0.3) is 0 Å². The van der Waals surface area contributed by atoms with Crippen molar-refractivity contribution >= 4 is 5.57 Å². The minimum Gasteiger partial charge on any atom is -0.374 e. The summed E-state index contributed by atoms with van der Waals surface area (Å²) in [5.41, 5.74) is 2.93. The molecule has 0 aromatic heterocycles. The van der Waals surface area contributed by atoms with Gasteiger partial charge in [-0.1, -0.05) is 36.4 Å². The van der Waals surface area contributed by atoms with Crippen molar-refractivity contribution in [3.05, 3.63) is 42.0 Å². The van der Waals surface area contributed by atoms with Crippen molar-refractivity contribution in [1.29, 1.82) is 0 Å². The van der Waals surface area contributed by atoms with Crippen molar-refractivity contribution < 1.29 is 4.74 Å². The Kier molecular flexibility index (Phi) is 1.96. The van der Waals surface area contributed by atoms with Gasteiger partial charge in [0.15, 0.2) is 0 Å². The van der Waals surface area contributed by atoms with Gasteiger partial charge in [-0.25, -0.2) is 0 Å². The van der Waals surface area contributed by atoms with E-state index in [9.17, 15) is 0 Å². The number of fused-ring (bicyclic) bond motifs is 2. The van der Waals surface area contributed by atoms with E-state index in [0.717, 1.165) is 13.0 Å². The highest BCUT2D eigenvalue weighted by Gasteiger charge is 2.39. The van der Waals surface area contributed by atoms with Crippen molar-refractivity contribution in [3.63, 3.8) is 0 Å². The van der Waals surface area contributed by atoms with Gasteiger partial charge >= 0.3 is 0 Å². The minimum absolute atomic E-state index is 0.102. The molecule has 0 saturated carbocycles. The molecule has 0 radical (unpaired) electrons. The molecule has 1 nitrogen and oxygen atoms in total. The molecule has 78 valence electrons. The molecule has 1 aromatic carbocycles. The second kappa shape index (κ2) is 3.21. The first-order valence-corrected chi connectivity index (χ1v) is 5.65. The predicted octanol–water partition coefficient (Wildman–Crippen LogP) is 3.27. The van der Waals surface area contributed by atoms with E-state index in [1.54, 1.807) is 0 Å². The van der Waals surface area contributed by atoms with Crippen LogP contribution in [0.2, 0.25) is 0 Å². The zero-order valence-corrected chi connectivity index (χ0v) is 9.07. The van der Waals surface area contributed by atoms with Gasteiger partial charge in [-0.05, 0) is 24.5 Å². The van der Waals surface area contributed by atoms with Gasteiger partial charge < -0.3 is 4.74 Å². The van der Waals surface area contributed by atoms with E-state index in [4.69, 9.17) is 4.74 Å². The highest BCUT2D eigenvalue weighted by atomic mass is 16.5. The van der Waals surface area contributed by atoms with Gasteiger partial charge in [-0.15, -0.1) is 0 Å². The summed E-state index contributed by atoms with van der Waals surface area (Å²) in [5, 5.41) is 0. The number of ether oxygens (including phenoxy) is 1. The Morgan fingerprint density at radius 3 is 2.80 bits per heavy atom. The van der Waals surface area contributed by atoms with Crippen molar-refractivity contribution in [1.82, 2.24) is 0 Å². The molecule has 1 aliphatic carbocycles. The van der Waals surface area contributed by atoms with Crippen molar-refractivity contribution in [3.8, 4) is 0 Å². The van der Waals surface area contributed by atoms with Gasteiger partial charge in [-0.3, -0.25) is 0 Å². The third-order valence-electron chi connectivity index (χ3n) is 3.49. The topological polar surface area (TPSA) is 9.23 Å². The van der Waals surface area contributed by atoms with Gasteiger partial charge in [0, 0.05) is 12.3 Å². The third kappa shape index (κ3) is 1.61. The van der Waals surface area contributed by atoms with Crippen LogP contribution in [0.15, 0.2) is 36.4 Å². The lowest BCUT2D eigenvalue weighted by atomic mass is 9.80. The summed E-state index contributed by atoms with van der Waals surface area (Å²) in [6, 6.07) is 10.7. The average Bonchev–Trinajstić information content (AvgIpc) is 2.53. The molecule has 1 aliphatic heterocycles. The zero-order valence-electron chi connectivity index (χ0n) is 9.07. The van der Waals surface area contributed by atoms with E-state index in [2.05, 4.69) is 43.3 Å². The van der Waals surface area contributed by atoms with Gasteiger partial charge in [-0.2, -0.15) is 0 Å². The summed E-state index contributed by atoms with van der Waals surface area (Å²) < 4.78 is 5.86. The highest BCUT2D eigenvalue weighted by Crippen LogP contribution is 2.43. The van der Waals surface area contributed by atoms with Gasteiger partial charge in [0.1, 0.15) is 0 Å². The third-order valence-corrected chi connectivity index (χ3v) is 3.49. The fourth-order valence-electron chi connectivity index (χ4n) is 2.81. The summed E-state index contributed by atoms with van der Waals surface area (Å²) in [6.07, 6.45) is 4.67. The first-order valence-electron chi connectivity index (χ1n) is 5.65. The maximum Gasteiger partial charge on any atom is 0.0701 e. The van der Waals surface area contributed by atoms with Crippen LogP contribution in [0.4, 0.5) is 0 Å². The Bertz CT molecular complexity index is 393. The Morgan fingerprint density at radius 2 is 2.07 bits per heavy atom. The molecule has 0 amide bonds. The molecule has 1 heterocycles. The Morgan fingerprint density at radius 1 is 1.27 bits per heavy atom. The van der Waals surface area contributed by atoms with E-state index >= 15 is 0 Å². The number of hydrogen-bond acceptors (Lipinski definition) is 1. The average molecular weight is 200 g/mol. The fraction of sp³-hybridized carbons (Fsp3) is 0.429.